The number of carbonyl (C=O) groups is 2. The summed E-state index contributed by atoms with van der Waals surface area (Å²) in [5, 5.41) is 5.32. The molecule has 1 heterocycles. The first-order valence-electron chi connectivity index (χ1n) is 9.08. The zero-order valence-electron chi connectivity index (χ0n) is 16.0. The van der Waals surface area contributed by atoms with E-state index in [0.29, 0.717) is 13.1 Å². The molecule has 154 valence electrons. The number of rotatable bonds is 2. The van der Waals surface area contributed by atoms with Gasteiger partial charge >= 0.3 is 18.3 Å². The zero-order chi connectivity index (χ0) is 20.7. The van der Waals surface area contributed by atoms with Crippen LogP contribution in [0.15, 0.2) is 24.3 Å². The van der Waals surface area contributed by atoms with Crippen LogP contribution in [0.4, 0.5) is 28.4 Å². The van der Waals surface area contributed by atoms with Gasteiger partial charge in [-0.15, -0.1) is 0 Å². The largest absolute Gasteiger partial charge is 0.444 e. The number of ether oxygens (including phenoxy) is 1. The number of benzene rings is 1. The van der Waals surface area contributed by atoms with Gasteiger partial charge in [0.2, 0.25) is 0 Å². The topological polar surface area (TPSA) is 70.7 Å². The smallest absolute Gasteiger partial charge is 0.416 e. The molecule has 2 N–H and O–H groups in total. The van der Waals surface area contributed by atoms with E-state index in [4.69, 9.17) is 4.74 Å². The van der Waals surface area contributed by atoms with Gasteiger partial charge in [0, 0.05) is 30.2 Å². The summed E-state index contributed by atoms with van der Waals surface area (Å²) < 4.78 is 43.5. The maximum Gasteiger partial charge on any atom is 0.416 e. The molecular formula is C19H24F3N3O3. The molecule has 28 heavy (non-hydrogen) atoms. The van der Waals surface area contributed by atoms with Crippen molar-refractivity contribution in [2.24, 2.45) is 5.41 Å². The normalized spacial score (nSPS) is 18.9. The van der Waals surface area contributed by atoms with Crippen LogP contribution in [0.3, 0.4) is 0 Å². The molecule has 0 unspecified atom stereocenters. The van der Waals surface area contributed by atoms with Crippen molar-refractivity contribution in [1.29, 1.82) is 0 Å². The monoisotopic (exact) mass is 399 g/mol. The summed E-state index contributed by atoms with van der Waals surface area (Å²) in [6.45, 7) is 6.42. The Labute approximate surface area is 161 Å². The highest BCUT2D eigenvalue weighted by atomic mass is 19.4. The summed E-state index contributed by atoms with van der Waals surface area (Å²) in [6, 6.07) is 4.15. The SMILES string of the molecule is CC(C)(C)OC(=O)NC1CC2(C1)CN(C(=O)Nc1cccc(C(F)(F)F)c1)C2. The number of nitrogens with zero attached hydrogens (tertiary/aromatic N) is 1. The standard InChI is InChI=1S/C19H24F3N3O3/c1-17(2,3)28-16(27)24-14-8-18(9-14)10-25(11-18)15(26)23-13-6-4-5-12(7-13)19(20,21)22/h4-7,14H,8-11H2,1-3H3,(H,23,26)(H,24,27). The van der Waals surface area contributed by atoms with Gasteiger partial charge in [0.15, 0.2) is 0 Å². The van der Waals surface area contributed by atoms with Gasteiger partial charge < -0.3 is 20.3 Å². The number of hydrogen-bond donors (Lipinski definition) is 2. The Bertz CT molecular complexity index is 760. The number of anilines is 1. The molecule has 0 bridgehead atoms. The highest BCUT2D eigenvalue weighted by Crippen LogP contribution is 2.48. The maximum absolute atomic E-state index is 12.8. The first kappa shape index (κ1) is 20.3. The number of nitrogens with one attached hydrogen (secondary N) is 2. The lowest BCUT2D eigenvalue weighted by Gasteiger charge is -2.58. The average Bonchev–Trinajstić information content (AvgIpc) is 2.45. The van der Waals surface area contributed by atoms with Crippen LogP contribution >= 0.6 is 0 Å². The highest BCUT2D eigenvalue weighted by molar-refractivity contribution is 5.90. The molecule has 1 aromatic carbocycles. The lowest BCUT2D eigenvalue weighted by molar-refractivity contribution is -0.137. The molecule has 0 atom stereocenters. The second-order valence-corrected chi connectivity index (χ2v) is 8.62. The third kappa shape index (κ3) is 4.69. The van der Waals surface area contributed by atoms with Crippen molar-refractivity contribution in [2.75, 3.05) is 18.4 Å². The lowest BCUT2D eigenvalue weighted by Crippen LogP contribution is -2.68. The number of alkyl carbamates (subject to hydrolysis) is 1. The Kier molecular flexibility index (Phi) is 4.97. The molecule has 0 aromatic heterocycles. The summed E-state index contributed by atoms with van der Waals surface area (Å²) in [4.78, 5) is 25.6. The molecule has 2 fully saturated rings. The molecule has 6 nitrogen and oxygen atoms in total. The second-order valence-electron chi connectivity index (χ2n) is 8.62. The lowest BCUT2D eigenvalue weighted by atomic mass is 9.61. The summed E-state index contributed by atoms with van der Waals surface area (Å²) in [6.07, 6.45) is -3.41. The minimum atomic E-state index is -4.45. The summed E-state index contributed by atoms with van der Waals surface area (Å²) in [7, 11) is 0. The molecule has 3 amide bonds. The van der Waals surface area contributed by atoms with Gasteiger partial charge in [-0.25, -0.2) is 9.59 Å². The quantitative estimate of drug-likeness (QED) is 0.782. The number of alkyl halides is 3. The second kappa shape index (κ2) is 6.86. The molecule has 1 spiro atoms. The van der Waals surface area contributed by atoms with Crippen LogP contribution in [0.1, 0.15) is 39.2 Å². The van der Waals surface area contributed by atoms with Gasteiger partial charge in [-0.3, -0.25) is 0 Å². The van der Waals surface area contributed by atoms with E-state index in [-0.39, 0.29) is 17.1 Å². The van der Waals surface area contributed by atoms with Crippen LogP contribution in [0.2, 0.25) is 0 Å². The van der Waals surface area contributed by atoms with Gasteiger partial charge in [-0.2, -0.15) is 13.2 Å². The Balaban J connectivity index is 1.44. The average molecular weight is 399 g/mol. The molecule has 1 aliphatic heterocycles. The molecule has 1 aromatic rings. The molecule has 2 aliphatic rings. The highest BCUT2D eigenvalue weighted by Gasteiger charge is 2.54. The minimum absolute atomic E-state index is 0.0172. The van der Waals surface area contributed by atoms with Crippen molar-refractivity contribution < 1.29 is 27.5 Å². The fraction of sp³-hybridized carbons (Fsp3) is 0.579. The molecule has 1 saturated carbocycles. The zero-order valence-corrected chi connectivity index (χ0v) is 16.0. The van der Waals surface area contributed by atoms with Crippen molar-refractivity contribution in [3.05, 3.63) is 29.8 Å². The van der Waals surface area contributed by atoms with Crippen LogP contribution in [-0.4, -0.2) is 41.8 Å². The van der Waals surface area contributed by atoms with E-state index >= 15 is 0 Å². The fourth-order valence-electron chi connectivity index (χ4n) is 3.70. The predicted octanol–water partition coefficient (Wildman–Crippen LogP) is 4.23. The molecule has 1 saturated heterocycles. The van der Waals surface area contributed by atoms with Crippen LogP contribution in [-0.2, 0) is 10.9 Å². The van der Waals surface area contributed by atoms with E-state index in [1.54, 1.807) is 25.7 Å². The first-order chi connectivity index (χ1) is 12.9. The molecule has 0 radical (unpaired) electrons. The fourth-order valence-corrected chi connectivity index (χ4v) is 3.70. The van der Waals surface area contributed by atoms with E-state index < -0.39 is 29.5 Å². The van der Waals surface area contributed by atoms with E-state index in [9.17, 15) is 22.8 Å². The summed E-state index contributed by atoms with van der Waals surface area (Å²) in [5.41, 5.74) is -1.27. The van der Waals surface area contributed by atoms with Crippen molar-refractivity contribution in [2.45, 2.75) is 51.4 Å². The minimum Gasteiger partial charge on any atom is -0.444 e. The number of urea groups is 1. The number of halogens is 3. The van der Waals surface area contributed by atoms with Crippen molar-refractivity contribution >= 4 is 17.8 Å². The van der Waals surface area contributed by atoms with Crippen LogP contribution in [0, 0.1) is 5.41 Å². The van der Waals surface area contributed by atoms with Gasteiger partial charge in [-0.05, 0) is 51.8 Å². The Morgan fingerprint density at radius 2 is 1.82 bits per heavy atom. The number of hydrogen-bond acceptors (Lipinski definition) is 3. The van der Waals surface area contributed by atoms with Crippen molar-refractivity contribution in [3.63, 3.8) is 0 Å². The van der Waals surface area contributed by atoms with Gasteiger partial charge in [0.1, 0.15) is 5.60 Å². The first-order valence-corrected chi connectivity index (χ1v) is 9.08. The maximum atomic E-state index is 12.8. The van der Waals surface area contributed by atoms with Crippen LogP contribution in [0.5, 0.6) is 0 Å². The molecule has 9 heteroatoms. The Morgan fingerprint density at radius 3 is 2.39 bits per heavy atom. The van der Waals surface area contributed by atoms with Crippen molar-refractivity contribution in [1.82, 2.24) is 10.2 Å². The third-order valence-electron chi connectivity index (χ3n) is 4.86. The van der Waals surface area contributed by atoms with Gasteiger partial charge in [0.25, 0.3) is 0 Å². The van der Waals surface area contributed by atoms with Crippen LogP contribution in [0.25, 0.3) is 0 Å². The third-order valence-corrected chi connectivity index (χ3v) is 4.86. The number of likely N-dealkylation sites (tertiary alicyclic amines) is 1. The van der Waals surface area contributed by atoms with E-state index in [1.165, 1.54) is 12.1 Å². The van der Waals surface area contributed by atoms with Crippen LogP contribution < -0.4 is 10.6 Å². The summed E-state index contributed by atoms with van der Waals surface area (Å²) >= 11 is 0. The number of amides is 3. The van der Waals surface area contributed by atoms with E-state index in [2.05, 4.69) is 10.6 Å². The number of carbonyl (C=O) groups excluding carboxylic acids is 2. The molecule has 1 aliphatic carbocycles. The molecule has 3 rings (SSSR count). The van der Waals surface area contributed by atoms with E-state index in [1.807, 2.05) is 0 Å². The molecular weight excluding hydrogens is 375 g/mol. The Hall–Kier alpha value is -2.45. The predicted molar refractivity (Wildman–Crippen MR) is 96.9 cm³/mol. The van der Waals surface area contributed by atoms with Gasteiger partial charge in [0.05, 0.1) is 5.56 Å². The summed E-state index contributed by atoms with van der Waals surface area (Å²) in [5.74, 6) is 0. The van der Waals surface area contributed by atoms with Crippen molar-refractivity contribution in [3.8, 4) is 0 Å². The van der Waals surface area contributed by atoms with E-state index in [0.717, 1.165) is 25.0 Å². The Morgan fingerprint density at radius 1 is 1.18 bits per heavy atom. The van der Waals surface area contributed by atoms with Gasteiger partial charge in [-0.1, -0.05) is 6.07 Å².